The molecule has 3 N–H and O–H groups in total. The summed E-state index contributed by atoms with van der Waals surface area (Å²) in [6, 6.07) is 0. The molecule has 15 heavy (non-hydrogen) atoms. The Morgan fingerprint density at radius 3 is 2.60 bits per heavy atom. The van der Waals surface area contributed by atoms with Crippen LogP contribution in [0.4, 0.5) is 0 Å². The van der Waals surface area contributed by atoms with Gasteiger partial charge in [0.05, 0.1) is 12.7 Å². The van der Waals surface area contributed by atoms with E-state index in [1.807, 2.05) is 0 Å². The van der Waals surface area contributed by atoms with Crippen LogP contribution in [-0.4, -0.2) is 51.6 Å². The standard InChI is InChI=1S/C10H18O5/c1-9(2)14-6-3-4-10(13,5-11)8(12)7(6)15-9/h6-8,11-13H,3-5H2,1-2H3/t6-,7-,8+,10+/m1/s1. The van der Waals surface area contributed by atoms with Gasteiger partial charge in [0.2, 0.25) is 0 Å². The van der Waals surface area contributed by atoms with E-state index in [-0.39, 0.29) is 6.10 Å². The van der Waals surface area contributed by atoms with Gasteiger partial charge < -0.3 is 24.8 Å². The fraction of sp³-hybridized carbons (Fsp3) is 1.00. The highest BCUT2D eigenvalue weighted by molar-refractivity contribution is 5.02. The van der Waals surface area contributed by atoms with Gasteiger partial charge in [-0.05, 0) is 26.7 Å². The number of rotatable bonds is 1. The lowest BCUT2D eigenvalue weighted by Crippen LogP contribution is -2.58. The summed E-state index contributed by atoms with van der Waals surface area (Å²) in [4.78, 5) is 0. The molecule has 1 aliphatic heterocycles. The Balaban J connectivity index is 2.16. The first-order chi connectivity index (χ1) is 6.88. The highest BCUT2D eigenvalue weighted by Crippen LogP contribution is 2.40. The van der Waals surface area contributed by atoms with Crippen molar-refractivity contribution in [3.63, 3.8) is 0 Å². The lowest BCUT2D eigenvalue weighted by atomic mass is 9.79. The molecule has 0 aromatic heterocycles. The first-order valence-corrected chi connectivity index (χ1v) is 5.25. The van der Waals surface area contributed by atoms with E-state index in [4.69, 9.17) is 14.6 Å². The highest BCUT2D eigenvalue weighted by Gasteiger charge is 2.54. The number of ether oxygens (including phenoxy) is 2. The molecule has 1 saturated carbocycles. The third-order valence-corrected chi connectivity index (χ3v) is 3.22. The second kappa shape index (κ2) is 3.40. The van der Waals surface area contributed by atoms with Crippen LogP contribution in [0.1, 0.15) is 26.7 Å². The van der Waals surface area contributed by atoms with Crippen molar-refractivity contribution in [1.29, 1.82) is 0 Å². The summed E-state index contributed by atoms with van der Waals surface area (Å²) in [6.45, 7) is 3.09. The molecule has 5 nitrogen and oxygen atoms in total. The molecule has 0 bridgehead atoms. The lowest BCUT2D eigenvalue weighted by Gasteiger charge is -2.40. The highest BCUT2D eigenvalue weighted by atomic mass is 16.8. The maximum absolute atomic E-state index is 9.93. The quantitative estimate of drug-likeness (QED) is 0.547. The zero-order valence-electron chi connectivity index (χ0n) is 9.01. The minimum Gasteiger partial charge on any atom is -0.393 e. The molecule has 0 aromatic carbocycles. The van der Waals surface area contributed by atoms with Crippen molar-refractivity contribution in [3.05, 3.63) is 0 Å². The van der Waals surface area contributed by atoms with Gasteiger partial charge in [-0.2, -0.15) is 0 Å². The van der Waals surface area contributed by atoms with Gasteiger partial charge in [0.25, 0.3) is 0 Å². The maximum Gasteiger partial charge on any atom is 0.163 e. The number of hydrogen-bond donors (Lipinski definition) is 3. The molecule has 1 saturated heterocycles. The van der Waals surface area contributed by atoms with E-state index in [0.29, 0.717) is 12.8 Å². The van der Waals surface area contributed by atoms with Crippen LogP contribution in [0.3, 0.4) is 0 Å². The van der Waals surface area contributed by atoms with Gasteiger partial charge >= 0.3 is 0 Å². The van der Waals surface area contributed by atoms with Gasteiger partial charge in [-0.25, -0.2) is 0 Å². The Morgan fingerprint density at radius 1 is 1.33 bits per heavy atom. The summed E-state index contributed by atoms with van der Waals surface area (Å²) >= 11 is 0. The Hall–Kier alpha value is -0.200. The fourth-order valence-electron chi connectivity index (χ4n) is 2.37. The number of hydrogen-bond acceptors (Lipinski definition) is 5. The molecule has 88 valence electrons. The van der Waals surface area contributed by atoms with Crippen LogP contribution in [0.15, 0.2) is 0 Å². The van der Waals surface area contributed by atoms with Crippen LogP contribution in [0.25, 0.3) is 0 Å². The summed E-state index contributed by atoms with van der Waals surface area (Å²) in [7, 11) is 0. The second-order valence-corrected chi connectivity index (χ2v) is 4.88. The number of aliphatic hydroxyl groups is 3. The topological polar surface area (TPSA) is 79.2 Å². The van der Waals surface area contributed by atoms with Crippen molar-refractivity contribution in [2.45, 2.75) is 56.4 Å². The zero-order chi connectivity index (χ0) is 11.3. The molecule has 1 aliphatic carbocycles. The van der Waals surface area contributed by atoms with Crippen LogP contribution in [0.2, 0.25) is 0 Å². The maximum atomic E-state index is 9.93. The van der Waals surface area contributed by atoms with Crippen LogP contribution in [-0.2, 0) is 9.47 Å². The van der Waals surface area contributed by atoms with Gasteiger partial charge in [-0.1, -0.05) is 0 Å². The summed E-state index contributed by atoms with van der Waals surface area (Å²) in [5.74, 6) is -0.725. The van der Waals surface area contributed by atoms with E-state index in [1.54, 1.807) is 13.8 Å². The predicted octanol–water partition coefficient (Wildman–Crippen LogP) is -0.615. The lowest BCUT2D eigenvalue weighted by molar-refractivity contribution is -0.188. The third-order valence-electron chi connectivity index (χ3n) is 3.22. The van der Waals surface area contributed by atoms with Crippen LogP contribution in [0.5, 0.6) is 0 Å². The average Bonchev–Trinajstić information content (AvgIpc) is 2.48. The SMILES string of the molecule is CC1(C)O[C@@H]2[C@@H](CC[C@](O)(CO)[C@H]2O)O1. The monoisotopic (exact) mass is 218 g/mol. The Bertz CT molecular complexity index is 254. The molecule has 4 atom stereocenters. The zero-order valence-corrected chi connectivity index (χ0v) is 9.01. The molecular weight excluding hydrogens is 200 g/mol. The molecule has 0 unspecified atom stereocenters. The number of aliphatic hydroxyl groups excluding tert-OH is 2. The Kier molecular flexibility index (Phi) is 2.56. The van der Waals surface area contributed by atoms with Crippen molar-refractivity contribution >= 4 is 0 Å². The second-order valence-electron chi connectivity index (χ2n) is 4.88. The van der Waals surface area contributed by atoms with Crippen molar-refractivity contribution in [2.75, 3.05) is 6.61 Å². The summed E-state index contributed by atoms with van der Waals surface area (Å²) < 4.78 is 11.1. The molecule has 0 radical (unpaired) electrons. The fourth-order valence-corrected chi connectivity index (χ4v) is 2.37. The Morgan fingerprint density at radius 2 is 2.00 bits per heavy atom. The molecule has 1 heterocycles. The van der Waals surface area contributed by atoms with E-state index in [1.165, 1.54) is 0 Å². The number of fused-ring (bicyclic) bond motifs is 1. The smallest absolute Gasteiger partial charge is 0.163 e. The van der Waals surface area contributed by atoms with Crippen LogP contribution < -0.4 is 0 Å². The van der Waals surface area contributed by atoms with E-state index < -0.39 is 30.2 Å². The molecule has 0 spiro atoms. The molecule has 0 amide bonds. The first-order valence-electron chi connectivity index (χ1n) is 5.25. The molecule has 5 heteroatoms. The minimum absolute atomic E-state index is 0.193. The van der Waals surface area contributed by atoms with Gasteiger partial charge in [-0.15, -0.1) is 0 Å². The van der Waals surface area contributed by atoms with E-state index >= 15 is 0 Å². The van der Waals surface area contributed by atoms with Gasteiger partial charge in [0.1, 0.15) is 17.8 Å². The van der Waals surface area contributed by atoms with Crippen molar-refractivity contribution in [2.24, 2.45) is 0 Å². The van der Waals surface area contributed by atoms with Crippen LogP contribution in [0, 0.1) is 0 Å². The van der Waals surface area contributed by atoms with Gasteiger partial charge in [0.15, 0.2) is 5.79 Å². The van der Waals surface area contributed by atoms with Gasteiger partial charge in [0, 0.05) is 0 Å². The Labute approximate surface area is 88.6 Å². The molecule has 2 aliphatic rings. The molecule has 2 rings (SSSR count). The first kappa shape index (κ1) is 11.3. The van der Waals surface area contributed by atoms with Crippen molar-refractivity contribution in [3.8, 4) is 0 Å². The summed E-state index contributed by atoms with van der Waals surface area (Å²) in [5, 5.41) is 28.9. The third kappa shape index (κ3) is 1.79. The normalized spacial score (nSPS) is 49.0. The summed E-state index contributed by atoms with van der Waals surface area (Å²) in [6.07, 6.45) is -0.927. The van der Waals surface area contributed by atoms with E-state index in [0.717, 1.165) is 0 Å². The molecule has 0 aromatic rings. The molecule has 2 fully saturated rings. The van der Waals surface area contributed by atoms with E-state index in [2.05, 4.69) is 0 Å². The average molecular weight is 218 g/mol. The summed E-state index contributed by atoms with van der Waals surface area (Å²) in [5.41, 5.74) is -1.45. The predicted molar refractivity (Wildman–Crippen MR) is 51.1 cm³/mol. The van der Waals surface area contributed by atoms with E-state index in [9.17, 15) is 10.2 Å². The molecular formula is C10H18O5. The minimum atomic E-state index is -1.45. The van der Waals surface area contributed by atoms with Crippen molar-refractivity contribution < 1.29 is 24.8 Å². The van der Waals surface area contributed by atoms with Gasteiger partial charge in [-0.3, -0.25) is 0 Å². The largest absolute Gasteiger partial charge is 0.393 e. The van der Waals surface area contributed by atoms with Crippen molar-refractivity contribution in [1.82, 2.24) is 0 Å². The van der Waals surface area contributed by atoms with Crippen LogP contribution >= 0.6 is 0 Å².